The molecule has 2 rings (SSSR count). The average molecular weight is 233 g/mol. The molecule has 0 radical (unpaired) electrons. The fourth-order valence-corrected chi connectivity index (χ4v) is 2.06. The van der Waals surface area contributed by atoms with E-state index in [0.29, 0.717) is 17.7 Å². The van der Waals surface area contributed by atoms with E-state index in [1.165, 1.54) is 12.8 Å². The van der Waals surface area contributed by atoms with Crippen molar-refractivity contribution >= 4 is 11.7 Å². The lowest BCUT2D eigenvalue weighted by Gasteiger charge is -2.05. The van der Waals surface area contributed by atoms with Crippen LogP contribution >= 0.6 is 0 Å². The maximum atomic E-state index is 11.9. The molecule has 2 N–H and O–H groups in total. The van der Waals surface area contributed by atoms with Crippen molar-refractivity contribution in [2.45, 2.75) is 32.2 Å². The van der Waals surface area contributed by atoms with Gasteiger partial charge in [0.05, 0.1) is 0 Å². The Bertz CT molecular complexity index is 405. The van der Waals surface area contributed by atoms with E-state index >= 15 is 0 Å². The third-order valence-electron chi connectivity index (χ3n) is 3.14. The Balaban J connectivity index is 1.91. The molecule has 1 aromatic rings. The Hall–Kier alpha value is -1.58. The van der Waals surface area contributed by atoms with E-state index in [4.69, 9.17) is 0 Å². The van der Waals surface area contributed by atoms with Gasteiger partial charge in [-0.25, -0.2) is 4.98 Å². The molecule has 0 bridgehead atoms. The van der Waals surface area contributed by atoms with E-state index in [0.717, 1.165) is 12.2 Å². The highest BCUT2D eigenvalue weighted by molar-refractivity contribution is 5.93. The standard InChI is InChI=1S/C13H19N3O/c1-3-5-9-8-11(9)16-13(17)10-6-4-7-12(14-2)15-10/h4,6-7,9,11H,3,5,8H2,1-2H3,(H,14,15)(H,16,17). The summed E-state index contributed by atoms with van der Waals surface area (Å²) in [5, 5.41) is 5.96. The minimum atomic E-state index is -0.0642. The van der Waals surface area contributed by atoms with Crippen molar-refractivity contribution in [1.82, 2.24) is 10.3 Å². The number of nitrogens with zero attached hydrogens (tertiary/aromatic N) is 1. The van der Waals surface area contributed by atoms with Gasteiger partial charge in [-0.2, -0.15) is 0 Å². The van der Waals surface area contributed by atoms with Gasteiger partial charge in [0, 0.05) is 13.1 Å². The van der Waals surface area contributed by atoms with Gasteiger partial charge >= 0.3 is 0 Å². The largest absolute Gasteiger partial charge is 0.373 e. The highest BCUT2D eigenvalue weighted by Crippen LogP contribution is 2.34. The second kappa shape index (κ2) is 5.17. The minimum absolute atomic E-state index is 0.0642. The monoisotopic (exact) mass is 233 g/mol. The van der Waals surface area contributed by atoms with Gasteiger partial charge in [0.1, 0.15) is 11.5 Å². The van der Waals surface area contributed by atoms with E-state index in [-0.39, 0.29) is 5.91 Å². The fourth-order valence-electron chi connectivity index (χ4n) is 2.06. The molecule has 0 spiro atoms. The Morgan fingerprint density at radius 1 is 1.53 bits per heavy atom. The molecule has 0 saturated heterocycles. The van der Waals surface area contributed by atoms with Crippen molar-refractivity contribution in [3.63, 3.8) is 0 Å². The molecular formula is C13H19N3O. The average Bonchev–Trinajstić information content (AvgIpc) is 3.08. The van der Waals surface area contributed by atoms with Crippen LogP contribution < -0.4 is 10.6 Å². The maximum Gasteiger partial charge on any atom is 0.270 e. The van der Waals surface area contributed by atoms with Crippen molar-refractivity contribution in [3.05, 3.63) is 23.9 Å². The molecule has 0 aliphatic heterocycles. The summed E-state index contributed by atoms with van der Waals surface area (Å²) in [5.41, 5.74) is 0.485. The molecule has 1 aliphatic carbocycles. The van der Waals surface area contributed by atoms with Crippen molar-refractivity contribution in [2.24, 2.45) is 5.92 Å². The molecule has 92 valence electrons. The van der Waals surface area contributed by atoms with Crippen LogP contribution in [0.1, 0.15) is 36.7 Å². The van der Waals surface area contributed by atoms with Crippen molar-refractivity contribution < 1.29 is 4.79 Å². The van der Waals surface area contributed by atoms with Crippen LogP contribution in [0.5, 0.6) is 0 Å². The maximum absolute atomic E-state index is 11.9. The summed E-state index contributed by atoms with van der Waals surface area (Å²) in [5.74, 6) is 1.33. The lowest BCUT2D eigenvalue weighted by atomic mass is 10.2. The molecule has 0 aromatic carbocycles. The smallest absolute Gasteiger partial charge is 0.270 e. The van der Waals surface area contributed by atoms with Crippen molar-refractivity contribution in [3.8, 4) is 0 Å². The van der Waals surface area contributed by atoms with Gasteiger partial charge in [-0.15, -0.1) is 0 Å². The zero-order valence-corrected chi connectivity index (χ0v) is 10.4. The lowest BCUT2D eigenvalue weighted by Crippen LogP contribution is -2.27. The molecule has 1 heterocycles. The molecule has 2 unspecified atom stereocenters. The molecule has 2 atom stereocenters. The van der Waals surface area contributed by atoms with Gasteiger partial charge in [0.25, 0.3) is 5.91 Å². The topological polar surface area (TPSA) is 54.0 Å². The summed E-state index contributed by atoms with van der Waals surface area (Å²) < 4.78 is 0. The first-order chi connectivity index (χ1) is 8.24. The van der Waals surface area contributed by atoms with Gasteiger partial charge < -0.3 is 10.6 Å². The zero-order valence-electron chi connectivity index (χ0n) is 10.4. The predicted molar refractivity (Wildman–Crippen MR) is 68.1 cm³/mol. The summed E-state index contributed by atoms with van der Waals surface area (Å²) >= 11 is 0. The Morgan fingerprint density at radius 2 is 2.35 bits per heavy atom. The number of carbonyl (C=O) groups is 1. The number of hydrogen-bond donors (Lipinski definition) is 2. The first-order valence-corrected chi connectivity index (χ1v) is 6.20. The van der Waals surface area contributed by atoms with Crippen LogP contribution in [0.25, 0.3) is 0 Å². The molecule has 1 amide bonds. The van der Waals surface area contributed by atoms with Crippen LogP contribution in [0.15, 0.2) is 18.2 Å². The number of carbonyl (C=O) groups excluding carboxylic acids is 1. The van der Waals surface area contributed by atoms with Crippen molar-refractivity contribution in [2.75, 3.05) is 12.4 Å². The summed E-state index contributed by atoms with van der Waals surface area (Å²) in [4.78, 5) is 16.1. The second-order valence-electron chi connectivity index (χ2n) is 4.52. The summed E-state index contributed by atoms with van der Waals surface area (Å²) in [6.07, 6.45) is 3.50. The Morgan fingerprint density at radius 3 is 3.06 bits per heavy atom. The van der Waals surface area contributed by atoms with Crippen LogP contribution in [-0.2, 0) is 0 Å². The minimum Gasteiger partial charge on any atom is -0.373 e. The zero-order chi connectivity index (χ0) is 12.3. The molecule has 1 aliphatic rings. The van der Waals surface area contributed by atoms with Gasteiger partial charge in [0.15, 0.2) is 0 Å². The van der Waals surface area contributed by atoms with Gasteiger partial charge in [-0.1, -0.05) is 19.4 Å². The van der Waals surface area contributed by atoms with Crippen LogP contribution in [0.2, 0.25) is 0 Å². The summed E-state index contributed by atoms with van der Waals surface area (Å²) in [6, 6.07) is 5.79. The lowest BCUT2D eigenvalue weighted by molar-refractivity contribution is 0.0944. The quantitative estimate of drug-likeness (QED) is 0.818. The van der Waals surface area contributed by atoms with E-state index in [1.807, 2.05) is 12.1 Å². The summed E-state index contributed by atoms with van der Waals surface area (Å²) in [7, 11) is 1.79. The molecule has 4 nitrogen and oxygen atoms in total. The third-order valence-corrected chi connectivity index (χ3v) is 3.14. The van der Waals surface area contributed by atoms with Crippen LogP contribution in [0, 0.1) is 5.92 Å². The first kappa shape index (κ1) is 11.9. The van der Waals surface area contributed by atoms with Crippen LogP contribution in [0.4, 0.5) is 5.82 Å². The molecule has 1 aromatic heterocycles. The van der Waals surface area contributed by atoms with E-state index in [2.05, 4.69) is 22.5 Å². The number of hydrogen-bond acceptors (Lipinski definition) is 3. The second-order valence-corrected chi connectivity index (χ2v) is 4.52. The number of anilines is 1. The number of aromatic nitrogens is 1. The highest BCUT2D eigenvalue weighted by Gasteiger charge is 2.37. The molecule has 17 heavy (non-hydrogen) atoms. The van der Waals surface area contributed by atoms with Crippen LogP contribution in [-0.4, -0.2) is 24.0 Å². The number of rotatable bonds is 5. The molecular weight excluding hydrogens is 214 g/mol. The SMILES string of the molecule is CCCC1CC1NC(=O)c1cccc(NC)n1. The van der Waals surface area contributed by atoms with Crippen LogP contribution in [0.3, 0.4) is 0 Å². The van der Waals surface area contributed by atoms with E-state index < -0.39 is 0 Å². The fraction of sp³-hybridized carbons (Fsp3) is 0.538. The third kappa shape index (κ3) is 2.96. The van der Waals surface area contributed by atoms with Gasteiger partial charge in [-0.05, 0) is 30.9 Å². The first-order valence-electron chi connectivity index (χ1n) is 6.20. The Labute approximate surface area is 102 Å². The number of nitrogens with one attached hydrogen (secondary N) is 2. The van der Waals surface area contributed by atoms with Gasteiger partial charge in [0.2, 0.25) is 0 Å². The highest BCUT2D eigenvalue weighted by atomic mass is 16.2. The normalized spacial score (nSPS) is 22.0. The van der Waals surface area contributed by atoms with E-state index in [9.17, 15) is 4.79 Å². The van der Waals surface area contributed by atoms with Crippen molar-refractivity contribution in [1.29, 1.82) is 0 Å². The number of amides is 1. The van der Waals surface area contributed by atoms with E-state index in [1.54, 1.807) is 13.1 Å². The number of pyridine rings is 1. The predicted octanol–water partition coefficient (Wildman–Crippen LogP) is 2.04. The molecule has 1 fully saturated rings. The Kier molecular flexibility index (Phi) is 3.61. The molecule has 4 heteroatoms. The summed E-state index contributed by atoms with van der Waals surface area (Å²) in [6.45, 7) is 2.18. The van der Waals surface area contributed by atoms with Gasteiger partial charge in [-0.3, -0.25) is 4.79 Å². The molecule has 1 saturated carbocycles.